The smallest absolute Gasteiger partial charge is 0.243 e. The number of carbonyl (C=O) groups is 2. The highest BCUT2D eigenvalue weighted by molar-refractivity contribution is 8.01. The Morgan fingerprint density at radius 1 is 1.48 bits per heavy atom. The van der Waals surface area contributed by atoms with Gasteiger partial charge in [-0.3, -0.25) is 14.5 Å². The fourth-order valence-corrected chi connectivity index (χ4v) is 6.48. The van der Waals surface area contributed by atoms with Crippen LogP contribution in [0.4, 0.5) is 0 Å². The Labute approximate surface area is 157 Å². The minimum absolute atomic E-state index is 0.00607. The molecule has 0 bridgehead atoms. The van der Waals surface area contributed by atoms with Gasteiger partial charge in [0.2, 0.25) is 11.8 Å². The molecule has 0 saturated carbocycles. The third-order valence-corrected chi connectivity index (χ3v) is 8.31. The lowest BCUT2D eigenvalue weighted by molar-refractivity contribution is -0.138. The van der Waals surface area contributed by atoms with Gasteiger partial charge in [-0.05, 0) is 43.7 Å². The van der Waals surface area contributed by atoms with E-state index in [4.69, 9.17) is 0 Å². The lowest BCUT2D eigenvalue weighted by atomic mass is 10.1. The van der Waals surface area contributed by atoms with Crippen molar-refractivity contribution in [3.8, 4) is 0 Å². The monoisotopic (exact) mass is 379 g/mol. The first-order valence-electron chi connectivity index (χ1n) is 9.01. The van der Waals surface area contributed by atoms with Crippen LogP contribution in [-0.2, 0) is 22.6 Å². The molecule has 2 saturated heterocycles. The molecule has 1 aromatic heterocycles. The van der Waals surface area contributed by atoms with E-state index in [2.05, 4.69) is 35.5 Å². The lowest BCUT2D eigenvalue weighted by Gasteiger charge is -2.33. The highest BCUT2D eigenvalue weighted by Crippen LogP contribution is 2.47. The molecule has 3 aliphatic heterocycles. The van der Waals surface area contributed by atoms with Crippen molar-refractivity contribution in [1.82, 2.24) is 15.1 Å². The van der Waals surface area contributed by atoms with Crippen molar-refractivity contribution in [2.45, 2.75) is 56.6 Å². The Hall–Kier alpha value is -1.05. The lowest BCUT2D eigenvalue weighted by Crippen LogP contribution is -2.52. The number of fused-ring (bicyclic) bond motifs is 2. The van der Waals surface area contributed by atoms with E-state index >= 15 is 0 Å². The second-order valence-corrected chi connectivity index (χ2v) is 9.95. The van der Waals surface area contributed by atoms with Crippen LogP contribution in [0, 0.1) is 0 Å². The average Bonchev–Trinajstić information content (AvgIpc) is 3.27. The Morgan fingerprint density at radius 2 is 2.32 bits per heavy atom. The zero-order valence-corrected chi connectivity index (χ0v) is 16.4. The highest BCUT2D eigenvalue weighted by Gasteiger charge is 2.52. The van der Waals surface area contributed by atoms with Gasteiger partial charge in [-0.2, -0.15) is 0 Å². The van der Waals surface area contributed by atoms with Gasteiger partial charge in [-0.1, -0.05) is 0 Å². The van der Waals surface area contributed by atoms with E-state index in [0.29, 0.717) is 24.8 Å². The fraction of sp³-hybridized carbons (Fsp3) is 0.667. The number of nitrogens with zero attached hydrogens (tertiary/aromatic N) is 2. The van der Waals surface area contributed by atoms with Crippen LogP contribution in [0.15, 0.2) is 11.4 Å². The van der Waals surface area contributed by atoms with E-state index in [-0.39, 0.29) is 22.7 Å². The Morgan fingerprint density at radius 3 is 3.16 bits per heavy atom. The molecule has 3 atom stereocenters. The van der Waals surface area contributed by atoms with Crippen LogP contribution in [0.2, 0.25) is 0 Å². The fourth-order valence-electron chi connectivity index (χ4n) is 4.16. The maximum Gasteiger partial charge on any atom is 0.243 e. The highest BCUT2D eigenvalue weighted by atomic mass is 32.2. The van der Waals surface area contributed by atoms with Crippen LogP contribution in [0.3, 0.4) is 0 Å². The van der Waals surface area contributed by atoms with E-state index in [1.54, 1.807) is 11.8 Å². The van der Waals surface area contributed by atoms with Crippen LogP contribution in [0.25, 0.3) is 0 Å². The van der Waals surface area contributed by atoms with E-state index in [0.717, 1.165) is 25.9 Å². The Bertz CT molecular complexity index is 692. The van der Waals surface area contributed by atoms with Crippen molar-refractivity contribution in [2.24, 2.45) is 0 Å². The summed E-state index contributed by atoms with van der Waals surface area (Å²) in [5.74, 6) is 0.845. The van der Waals surface area contributed by atoms with E-state index in [9.17, 15) is 9.59 Å². The number of amides is 2. The predicted octanol–water partition coefficient (Wildman–Crippen LogP) is 2.06. The van der Waals surface area contributed by atoms with Crippen molar-refractivity contribution < 1.29 is 9.59 Å². The number of thioether (sulfide) groups is 1. The Balaban J connectivity index is 1.33. The van der Waals surface area contributed by atoms with Gasteiger partial charge in [0.05, 0.1) is 4.87 Å². The summed E-state index contributed by atoms with van der Waals surface area (Å²) in [4.78, 5) is 30.5. The first-order valence-corrected chi connectivity index (χ1v) is 10.9. The van der Waals surface area contributed by atoms with Crippen molar-refractivity contribution in [3.63, 3.8) is 0 Å². The van der Waals surface area contributed by atoms with Crippen LogP contribution in [-0.4, -0.2) is 57.4 Å². The maximum atomic E-state index is 12.7. The minimum atomic E-state index is -0.304. The SMILES string of the molecule is C[C@H](CNC(=O)[C@@H]1CS[C@@]2(C)CCC(=O)N12)N1CCc2sccc2C1. The molecule has 136 valence electrons. The standard InChI is InChI=1S/C18H25N3O2S2/c1-12(20-7-4-15-13(10-20)5-8-24-15)9-19-17(23)14-11-25-18(2)6-3-16(22)21(14)18/h5,8,12,14H,3-4,6-7,9-11H2,1-2H3,(H,19,23)/t12-,14+,18+/m1/s1. The zero-order chi connectivity index (χ0) is 17.6. The van der Waals surface area contributed by atoms with Gasteiger partial charge in [0.25, 0.3) is 0 Å². The second-order valence-electron chi connectivity index (χ2n) is 7.45. The maximum absolute atomic E-state index is 12.7. The van der Waals surface area contributed by atoms with Gasteiger partial charge in [0.15, 0.2) is 0 Å². The van der Waals surface area contributed by atoms with Gasteiger partial charge in [-0.15, -0.1) is 23.1 Å². The number of thiophene rings is 1. The molecule has 4 heterocycles. The first kappa shape index (κ1) is 17.4. The second kappa shape index (κ2) is 6.59. The molecule has 1 N–H and O–H groups in total. The summed E-state index contributed by atoms with van der Waals surface area (Å²) in [6, 6.07) is 2.21. The van der Waals surface area contributed by atoms with E-state index in [1.165, 1.54) is 10.4 Å². The Kier molecular flexibility index (Phi) is 4.58. The molecule has 0 aromatic carbocycles. The van der Waals surface area contributed by atoms with Crippen molar-refractivity contribution in [3.05, 3.63) is 21.9 Å². The van der Waals surface area contributed by atoms with Gasteiger partial charge >= 0.3 is 0 Å². The van der Waals surface area contributed by atoms with Gasteiger partial charge in [0, 0.05) is 42.7 Å². The van der Waals surface area contributed by atoms with Crippen LogP contribution in [0.1, 0.15) is 37.1 Å². The van der Waals surface area contributed by atoms with Gasteiger partial charge < -0.3 is 10.2 Å². The molecule has 0 spiro atoms. The zero-order valence-electron chi connectivity index (χ0n) is 14.8. The third-order valence-electron chi connectivity index (χ3n) is 5.78. The molecule has 0 aliphatic carbocycles. The molecule has 0 radical (unpaired) electrons. The summed E-state index contributed by atoms with van der Waals surface area (Å²) in [5, 5.41) is 5.27. The number of nitrogens with one attached hydrogen (secondary N) is 1. The summed E-state index contributed by atoms with van der Waals surface area (Å²) in [5.41, 5.74) is 1.43. The molecule has 2 fully saturated rings. The van der Waals surface area contributed by atoms with Crippen LogP contribution in [0.5, 0.6) is 0 Å². The number of carbonyl (C=O) groups excluding carboxylic acids is 2. The van der Waals surface area contributed by atoms with Crippen molar-refractivity contribution in [1.29, 1.82) is 0 Å². The summed E-state index contributed by atoms with van der Waals surface area (Å²) >= 11 is 3.59. The molecule has 3 aliphatic rings. The quantitative estimate of drug-likeness (QED) is 0.870. The first-order chi connectivity index (χ1) is 12.0. The summed E-state index contributed by atoms with van der Waals surface area (Å²) in [6.07, 6.45) is 2.53. The molecular formula is C18H25N3O2S2. The summed E-state index contributed by atoms with van der Waals surface area (Å²) in [6.45, 7) is 6.92. The number of hydrogen-bond acceptors (Lipinski definition) is 5. The molecule has 2 amide bonds. The van der Waals surface area contributed by atoms with Crippen LogP contribution >= 0.6 is 23.1 Å². The van der Waals surface area contributed by atoms with Crippen molar-refractivity contribution >= 4 is 34.9 Å². The molecule has 4 rings (SSSR count). The van der Waals surface area contributed by atoms with Gasteiger partial charge in [0.1, 0.15) is 6.04 Å². The third kappa shape index (κ3) is 3.11. The van der Waals surface area contributed by atoms with Crippen LogP contribution < -0.4 is 5.32 Å². The largest absolute Gasteiger partial charge is 0.353 e. The molecule has 0 unspecified atom stereocenters. The van der Waals surface area contributed by atoms with Crippen molar-refractivity contribution in [2.75, 3.05) is 18.8 Å². The predicted molar refractivity (Wildman–Crippen MR) is 102 cm³/mol. The molecule has 7 heteroatoms. The number of rotatable bonds is 4. The molecule has 5 nitrogen and oxygen atoms in total. The topological polar surface area (TPSA) is 52.7 Å². The average molecular weight is 380 g/mol. The molecule has 1 aromatic rings. The van der Waals surface area contributed by atoms with Gasteiger partial charge in [-0.25, -0.2) is 0 Å². The summed E-state index contributed by atoms with van der Waals surface area (Å²) in [7, 11) is 0. The molecular weight excluding hydrogens is 354 g/mol. The van der Waals surface area contributed by atoms with E-state index in [1.807, 2.05) is 16.2 Å². The van der Waals surface area contributed by atoms with E-state index < -0.39 is 0 Å². The molecule has 25 heavy (non-hydrogen) atoms. The normalized spacial score (nSPS) is 30.2. The minimum Gasteiger partial charge on any atom is -0.353 e. The summed E-state index contributed by atoms with van der Waals surface area (Å²) < 4.78 is 0. The number of hydrogen-bond donors (Lipinski definition) is 1.